The van der Waals surface area contributed by atoms with Gasteiger partial charge in [0.25, 0.3) is 0 Å². The van der Waals surface area contributed by atoms with Crippen LogP contribution >= 0.6 is 0 Å². The molecule has 25 heavy (non-hydrogen) atoms. The first-order chi connectivity index (χ1) is 11.8. The van der Waals surface area contributed by atoms with E-state index in [-0.39, 0.29) is 17.8 Å². The highest BCUT2D eigenvalue weighted by molar-refractivity contribution is 5.95. The van der Waals surface area contributed by atoms with E-state index < -0.39 is 5.41 Å². The summed E-state index contributed by atoms with van der Waals surface area (Å²) in [6, 6.07) is 7.07. The lowest BCUT2D eigenvalue weighted by Crippen LogP contribution is -2.35. The molecule has 1 aliphatic heterocycles. The van der Waals surface area contributed by atoms with Gasteiger partial charge in [0, 0.05) is 42.8 Å². The maximum Gasteiger partial charge on any atom is 0.321 e. The molecule has 0 spiro atoms. The van der Waals surface area contributed by atoms with Crippen molar-refractivity contribution < 1.29 is 14.4 Å². The van der Waals surface area contributed by atoms with E-state index >= 15 is 0 Å². The molecule has 1 heterocycles. The van der Waals surface area contributed by atoms with E-state index in [0.717, 1.165) is 5.69 Å². The van der Waals surface area contributed by atoms with Crippen LogP contribution in [-0.2, 0) is 9.59 Å². The normalized spacial score (nSPS) is 14.2. The molecule has 3 N–H and O–H groups in total. The van der Waals surface area contributed by atoms with E-state index in [2.05, 4.69) is 16.0 Å². The second-order valence-electron chi connectivity index (χ2n) is 7.09. The summed E-state index contributed by atoms with van der Waals surface area (Å²) < 4.78 is 0. The first-order valence-electron chi connectivity index (χ1n) is 8.51. The summed E-state index contributed by atoms with van der Waals surface area (Å²) in [7, 11) is 0. The van der Waals surface area contributed by atoms with Crippen LogP contribution in [0.25, 0.3) is 0 Å². The third-order valence-electron chi connectivity index (χ3n) is 3.87. The number of benzene rings is 1. The van der Waals surface area contributed by atoms with Crippen molar-refractivity contribution in [2.75, 3.05) is 29.9 Å². The minimum atomic E-state index is -0.420. The quantitative estimate of drug-likeness (QED) is 0.689. The van der Waals surface area contributed by atoms with Gasteiger partial charge < -0.3 is 16.0 Å². The summed E-state index contributed by atoms with van der Waals surface area (Å²) in [5.41, 5.74) is 1.07. The van der Waals surface area contributed by atoms with E-state index in [9.17, 15) is 14.4 Å². The zero-order valence-electron chi connectivity index (χ0n) is 15.0. The zero-order valence-corrected chi connectivity index (χ0v) is 15.0. The minimum Gasteiger partial charge on any atom is -0.356 e. The fourth-order valence-electron chi connectivity index (χ4n) is 2.38. The summed E-state index contributed by atoms with van der Waals surface area (Å²) in [6.07, 6.45) is 0.917. The number of carbonyl (C=O) groups is 3. The molecule has 0 aromatic heterocycles. The average Bonchev–Trinajstić information content (AvgIpc) is 2.97. The Bertz CT molecular complexity index is 635. The SMILES string of the molecule is CC(C)(C)C(=O)NCCCC(=O)Nc1ccc(N2CCNC2=O)cc1. The topological polar surface area (TPSA) is 90.5 Å². The molecule has 0 radical (unpaired) electrons. The van der Waals surface area contributed by atoms with Gasteiger partial charge in [0.05, 0.1) is 0 Å². The van der Waals surface area contributed by atoms with E-state index in [4.69, 9.17) is 0 Å². The van der Waals surface area contributed by atoms with Gasteiger partial charge in [-0.2, -0.15) is 0 Å². The molecule has 1 aromatic carbocycles. The third-order valence-corrected chi connectivity index (χ3v) is 3.87. The van der Waals surface area contributed by atoms with Crippen LogP contribution < -0.4 is 20.9 Å². The fraction of sp³-hybridized carbons (Fsp3) is 0.500. The van der Waals surface area contributed by atoms with Crippen LogP contribution in [0, 0.1) is 5.41 Å². The molecule has 0 atom stereocenters. The van der Waals surface area contributed by atoms with Crippen molar-refractivity contribution in [3.8, 4) is 0 Å². The summed E-state index contributed by atoms with van der Waals surface area (Å²) in [6.45, 7) is 7.32. The molecule has 7 nitrogen and oxygen atoms in total. The number of nitrogens with zero attached hydrogens (tertiary/aromatic N) is 1. The summed E-state index contributed by atoms with van der Waals surface area (Å²) in [5, 5.41) is 8.39. The van der Waals surface area contributed by atoms with E-state index in [1.807, 2.05) is 32.9 Å². The number of nitrogens with one attached hydrogen (secondary N) is 3. The van der Waals surface area contributed by atoms with Gasteiger partial charge in [0.2, 0.25) is 11.8 Å². The fourth-order valence-corrected chi connectivity index (χ4v) is 2.38. The standard InChI is InChI=1S/C18H26N4O3/c1-18(2,3)16(24)19-10-4-5-15(23)21-13-6-8-14(9-7-13)22-12-11-20-17(22)25/h6-9H,4-5,10-12H2,1-3H3,(H,19,24)(H,20,25)(H,21,23). The van der Waals surface area contributed by atoms with Crippen molar-refractivity contribution >= 4 is 29.2 Å². The van der Waals surface area contributed by atoms with Crippen LogP contribution in [0.3, 0.4) is 0 Å². The molecule has 2 rings (SSSR count). The van der Waals surface area contributed by atoms with E-state index in [1.165, 1.54) is 0 Å². The predicted octanol–water partition coefficient (Wildman–Crippen LogP) is 2.10. The maximum atomic E-state index is 11.9. The lowest BCUT2D eigenvalue weighted by atomic mass is 9.96. The van der Waals surface area contributed by atoms with Crippen molar-refractivity contribution in [2.45, 2.75) is 33.6 Å². The molecule has 1 saturated heterocycles. The second-order valence-corrected chi connectivity index (χ2v) is 7.09. The number of rotatable bonds is 6. The highest BCUT2D eigenvalue weighted by atomic mass is 16.2. The molecule has 1 fully saturated rings. The molecule has 136 valence electrons. The minimum absolute atomic E-state index is 0.0190. The molecule has 7 heteroatoms. The zero-order chi connectivity index (χ0) is 18.4. The van der Waals surface area contributed by atoms with Crippen LogP contribution in [-0.4, -0.2) is 37.5 Å². The molecular weight excluding hydrogens is 320 g/mol. The Morgan fingerprint density at radius 1 is 1.20 bits per heavy atom. The Morgan fingerprint density at radius 3 is 2.44 bits per heavy atom. The number of carbonyl (C=O) groups excluding carboxylic acids is 3. The van der Waals surface area contributed by atoms with Crippen LogP contribution in [0.5, 0.6) is 0 Å². The number of hydrogen-bond acceptors (Lipinski definition) is 3. The molecule has 0 bridgehead atoms. The molecule has 0 saturated carbocycles. The Balaban J connectivity index is 1.73. The Labute approximate surface area is 148 Å². The second kappa shape index (κ2) is 8.00. The number of amides is 4. The summed E-state index contributed by atoms with van der Waals surface area (Å²) in [5.74, 6) is -0.119. The number of urea groups is 1. The van der Waals surface area contributed by atoms with Gasteiger partial charge in [-0.25, -0.2) is 4.79 Å². The monoisotopic (exact) mass is 346 g/mol. The van der Waals surface area contributed by atoms with E-state index in [1.54, 1.807) is 17.0 Å². The largest absolute Gasteiger partial charge is 0.356 e. The Hall–Kier alpha value is -2.57. The Morgan fingerprint density at radius 2 is 1.88 bits per heavy atom. The van der Waals surface area contributed by atoms with Crippen molar-refractivity contribution in [3.05, 3.63) is 24.3 Å². The van der Waals surface area contributed by atoms with Crippen molar-refractivity contribution in [2.24, 2.45) is 5.41 Å². The summed E-state index contributed by atoms with van der Waals surface area (Å²) in [4.78, 5) is 36.9. The van der Waals surface area contributed by atoms with Gasteiger partial charge in [-0.05, 0) is 30.7 Å². The molecular formula is C18H26N4O3. The first-order valence-corrected chi connectivity index (χ1v) is 8.51. The van der Waals surface area contributed by atoms with Gasteiger partial charge in [0.1, 0.15) is 0 Å². The van der Waals surface area contributed by atoms with Crippen LogP contribution in [0.15, 0.2) is 24.3 Å². The van der Waals surface area contributed by atoms with Crippen molar-refractivity contribution in [1.29, 1.82) is 0 Å². The van der Waals surface area contributed by atoms with Crippen molar-refractivity contribution in [1.82, 2.24) is 10.6 Å². The van der Waals surface area contributed by atoms with Gasteiger partial charge in [-0.15, -0.1) is 0 Å². The number of anilines is 2. The lowest BCUT2D eigenvalue weighted by Gasteiger charge is -2.17. The van der Waals surface area contributed by atoms with Crippen LogP contribution in [0.4, 0.5) is 16.2 Å². The first kappa shape index (κ1) is 18.8. The lowest BCUT2D eigenvalue weighted by molar-refractivity contribution is -0.128. The number of hydrogen-bond donors (Lipinski definition) is 3. The third kappa shape index (κ3) is 5.48. The van der Waals surface area contributed by atoms with Gasteiger partial charge in [0.15, 0.2) is 0 Å². The van der Waals surface area contributed by atoms with Gasteiger partial charge in [-0.1, -0.05) is 20.8 Å². The predicted molar refractivity (Wildman–Crippen MR) is 97.5 cm³/mol. The van der Waals surface area contributed by atoms with Crippen molar-refractivity contribution in [3.63, 3.8) is 0 Å². The summed E-state index contributed by atoms with van der Waals surface area (Å²) >= 11 is 0. The van der Waals surface area contributed by atoms with Crippen LogP contribution in [0.2, 0.25) is 0 Å². The smallest absolute Gasteiger partial charge is 0.321 e. The highest BCUT2D eigenvalue weighted by Crippen LogP contribution is 2.19. The van der Waals surface area contributed by atoms with Gasteiger partial charge in [-0.3, -0.25) is 14.5 Å². The van der Waals surface area contributed by atoms with Gasteiger partial charge >= 0.3 is 6.03 Å². The highest BCUT2D eigenvalue weighted by Gasteiger charge is 2.21. The van der Waals surface area contributed by atoms with E-state index in [0.29, 0.717) is 38.2 Å². The Kier molecular flexibility index (Phi) is 6.01. The maximum absolute atomic E-state index is 11.9. The molecule has 1 aliphatic rings. The molecule has 0 unspecified atom stereocenters. The van der Waals surface area contributed by atoms with Crippen LogP contribution in [0.1, 0.15) is 33.6 Å². The molecule has 4 amide bonds. The molecule has 1 aromatic rings. The average molecular weight is 346 g/mol. The molecule has 0 aliphatic carbocycles.